The topological polar surface area (TPSA) is 0 Å². The Morgan fingerprint density at radius 3 is 1.51 bits per heavy atom. The van der Waals surface area contributed by atoms with Crippen molar-refractivity contribution in [2.24, 2.45) is 0 Å². The molecule has 0 saturated carbocycles. The van der Waals surface area contributed by atoms with Crippen molar-refractivity contribution < 1.29 is 58.9 Å². The van der Waals surface area contributed by atoms with Crippen LogP contribution >= 0.6 is 0 Å². The molecular formula is C32H53Cl3SiTi. The Morgan fingerprint density at radius 2 is 1.08 bits per heavy atom. The van der Waals surface area contributed by atoms with Crippen LogP contribution in [0.3, 0.4) is 0 Å². The van der Waals surface area contributed by atoms with Crippen LogP contribution in [0, 0.1) is 6.08 Å². The van der Waals surface area contributed by atoms with Crippen LogP contribution in [0.5, 0.6) is 0 Å². The molecule has 0 N–H and O–H groups in total. The minimum Gasteiger partial charge on any atom is -1.00 e. The molecule has 0 nitrogen and oxygen atoms in total. The summed E-state index contributed by atoms with van der Waals surface area (Å²) in [5.41, 5.74) is 1.59. The van der Waals surface area contributed by atoms with Gasteiger partial charge in [-0.15, -0.1) is 6.42 Å². The van der Waals surface area contributed by atoms with E-state index in [1.54, 1.807) is 16.0 Å². The predicted molar refractivity (Wildman–Crippen MR) is 152 cm³/mol. The summed E-state index contributed by atoms with van der Waals surface area (Å²) in [7, 11) is -1.65. The van der Waals surface area contributed by atoms with Gasteiger partial charge in [-0.05, 0) is 0 Å². The first kappa shape index (κ1) is 42.0. The van der Waals surface area contributed by atoms with Gasteiger partial charge in [-0.3, -0.25) is 6.08 Å². The van der Waals surface area contributed by atoms with Gasteiger partial charge < -0.3 is 37.2 Å². The van der Waals surface area contributed by atoms with Gasteiger partial charge in [-0.1, -0.05) is 171 Å². The van der Waals surface area contributed by atoms with Gasteiger partial charge in [0.05, 0.1) is 8.07 Å². The normalized spacial score (nSPS) is 13.7. The second kappa shape index (κ2) is 26.7. The van der Waals surface area contributed by atoms with Crippen LogP contribution in [0.2, 0.25) is 12.6 Å². The number of hydrogen-bond acceptors (Lipinski definition) is 0. The van der Waals surface area contributed by atoms with Gasteiger partial charge in [0, 0.05) is 0 Å². The average molecular weight is 620 g/mol. The SMILES string of the molecule is CCCCCCCCCCCCCCCCCC[Si](C)(C1=[C-]CC=C1CC)c1ccccc1.[Cl-].[Cl-].[Cl-].[Ti+4]. The van der Waals surface area contributed by atoms with Crippen molar-refractivity contribution in [2.75, 3.05) is 0 Å². The standard InChI is InChI=1S/C32H53Si.3ClH.Ti/c1-4-6-7-8-9-10-11-12-13-14-15-16-17-18-19-23-29-33(3,31-26-21-20-22-27-31)32-28-24-25-30(32)5-2;;;;/h20-22,25-27H,4-19,23-24,29H2,1-3H3;3*1H;/q-1;;;;+4/p-3. The number of allylic oxidation sites excluding steroid dienone is 4. The maximum atomic E-state index is 3.79. The third-order valence-corrected chi connectivity index (χ3v) is 12.4. The van der Waals surface area contributed by atoms with E-state index < -0.39 is 8.07 Å². The minimum atomic E-state index is -1.65. The molecule has 0 bridgehead atoms. The largest absolute Gasteiger partial charge is 4.00 e. The zero-order valence-corrected chi connectivity index (χ0v) is 28.9. The van der Waals surface area contributed by atoms with E-state index in [4.69, 9.17) is 0 Å². The molecule has 5 heteroatoms. The van der Waals surface area contributed by atoms with E-state index in [9.17, 15) is 0 Å². The zero-order chi connectivity index (χ0) is 23.6. The third-order valence-electron chi connectivity index (χ3n) is 7.82. The molecule has 1 atom stereocenters. The Balaban J connectivity index is -0.00000289. The first-order valence-electron chi connectivity index (χ1n) is 14.6. The molecule has 1 aliphatic carbocycles. The molecular weight excluding hydrogens is 567 g/mol. The molecule has 1 aliphatic rings. The van der Waals surface area contributed by atoms with E-state index >= 15 is 0 Å². The molecule has 37 heavy (non-hydrogen) atoms. The number of benzene rings is 1. The van der Waals surface area contributed by atoms with E-state index in [2.05, 4.69) is 62.9 Å². The summed E-state index contributed by atoms with van der Waals surface area (Å²) in [5, 5.41) is 3.23. The van der Waals surface area contributed by atoms with E-state index in [1.165, 1.54) is 109 Å². The Morgan fingerprint density at radius 1 is 0.649 bits per heavy atom. The fourth-order valence-electron chi connectivity index (χ4n) is 5.61. The quantitative estimate of drug-likeness (QED) is 0.117. The van der Waals surface area contributed by atoms with Gasteiger partial charge in [0.15, 0.2) is 0 Å². The van der Waals surface area contributed by atoms with Crippen LogP contribution < -0.4 is 42.4 Å². The average Bonchev–Trinajstić information content (AvgIpc) is 3.34. The summed E-state index contributed by atoms with van der Waals surface area (Å²) >= 11 is 0. The maximum absolute atomic E-state index is 3.79. The van der Waals surface area contributed by atoms with Gasteiger partial charge in [0.25, 0.3) is 0 Å². The smallest absolute Gasteiger partial charge is 1.00 e. The second-order valence-electron chi connectivity index (χ2n) is 10.6. The minimum absolute atomic E-state index is 0. The molecule has 210 valence electrons. The Labute approximate surface area is 265 Å². The van der Waals surface area contributed by atoms with Crippen molar-refractivity contribution in [3.63, 3.8) is 0 Å². The first-order valence-corrected chi connectivity index (χ1v) is 17.3. The summed E-state index contributed by atoms with van der Waals surface area (Å²) in [4.78, 5) is 0. The van der Waals surface area contributed by atoms with Crippen molar-refractivity contribution in [3.8, 4) is 0 Å². The zero-order valence-electron chi connectivity index (χ0n) is 24.0. The number of halogens is 3. The first-order chi connectivity index (χ1) is 16.2. The van der Waals surface area contributed by atoms with Crippen molar-refractivity contribution in [1.29, 1.82) is 0 Å². The summed E-state index contributed by atoms with van der Waals surface area (Å²) < 4.78 is 0. The fourth-order valence-corrected chi connectivity index (χ4v) is 9.80. The number of unbranched alkanes of at least 4 members (excludes halogenated alkanes) is 15. The monoisotopic (exact) mass is 618 g/mol. The third kappa shape index (κ3) is 16.4. The maximum Gasteiger partial charge on any atom is 4.00 e. The van der Waals surface area contributed by atoms with Crippen LogP contribution in [0.25, 0.3) is 0 Å². The Hall–Kier alpha value is 0.501. The van der Waals surface area contributed by atoms with Gasteiger partial charge in [-0.2, -0.15) is 6.08 Å². The molecule has 0 aromatic heterocycles. The van der Waals surface area contributed by atoms with E-state index in [0.29, 0.717) is 0 Å². The van der Waals surface area contributed by atoms with Crippen molar-refractivity contribution in [2.45, 2.75) is 142 Å². The molecule has 1 aromatic rings. The van der Waals surface area contributed by atoms with Crippen molar-refractivity contribution >= 4 is 13.3 Å². The van der Waals surface area contributed by atoms with Gasteiger partial charge in [-0.25, -0.2) is 10.8 Å². The molecule has 0 spiro atoms. The van der Waals surface area contributed by atoms with Crippen LogP contribution in [-0.2, 0) is 21.7 Å². The molecule has 0 aliphatic heterocycles. The van der Waals surface area contributed by atoms with E-state index in [-0.39, 0.29) is 58.9 Å². The van der Waals surface area contributed by atoms with Gasteiger partial charge >= 0.3 is 21.7 Å². The van der Waals surface area contributed by atoms with Crippen LogP contribution in [-0.4, -0.2) is 8.07 Å². The molecule has 0 amide bonds. The molecule has 0 radical (unpaired) electrons. The van der Waals surface area contributed by atoms with Gasteiger partial charge in [0.2, 0.25) is 0 Å². The molecule has 0 fully saturated rings. The summed E-state index contributed by atoms with van der Waals surface area (Å²) in [6.07, 6.45) is 31.5. The molecule has 1 aromatic carbocycles. The fraction of sp³-hybridized carbons (Fsp3) is 0.688. The molecule has 2 rings (SSSR count). The van der Waals surface area contributed by atoms with Crippen molar-refractivity contribution in [1.82, 2.24) is 0 Å². The van der Waals surface area contributed by atoms with Crippen LogP contribution in [0.15, 0.2) is 47.2 Å². The molecule has 1 unspecified atom stereocenters. The molecule has 0 saturated heterocycles. The summed E-state index contributed by atoms with van der Waals surface area (Å²) in [5.74, 6) is 0. The van der Waals surface area contributed by atoms with Crippen molar-refractivity contribution in [3.05, 3.63) is 53.3 Å². The molecule has 0 heterocycles. The van der Waals surface area contributed by atoms with E-state index in [0.717, 1.165) is 12.8 Å². The van der Waals surface area contributed by atoms with Gasteiger partial charge in [0.1, 0.15) is 0 Å². The Kier molecular flexibility index (Phi) is 30.3. The number of rotatable bonds is 20. The number of hydrogen-bond donors (Lipinski definition) is 0. The second-order valence-corrected chi connectivity index (χ2v) is 14.8. The predicted octanol–water partition coefficient (Wildman–Crippen LogP) is 1.25. The van der Waals surface area contributed by atoms with E-state index in [1.807, 2.05) is 0 Å². The van der Waals surface area contributed by atoms with Crippen LogP contribution in [0.4, 0.5) is 0 Å². The summed E-state index contributed by atoms with van der Waals surface area (Å²) in [6, 6.07) is 12.8. The Bertz CT molecular complexity index is 693. The van der Waals surface area contributed by atoms with Crippen LogP contribution in [0.1, 0.15) is 129 Å². The summed E-state index contributed by atoms with van der Waals surface area (Å²) in [6.45, 7) is 7.22.